The second-order valence-corrected chi connectivity index (χ2v) is 7.94. The van der Waals surface area contributed by atoms with Crippen molar-refractivity contribution in [1.82, 2.24) is 0 Å². The van der Waals surface area contributed by atoms with E-state index < -0.39 is 46.5 Å². The maximum absolute atomic E-state index is 13.6. The van der Waals surface area contributed by atoms with Gasteiger partial charge in [0.2, 0.25) is 5.82 Å². The van der Waals surface area contributed by atoms with Gasteiger partial charge in [-0.3, -0.25) is 0 Å². The van der Waals surface area contributed by atoms with Crippen LogP contribution in [0.25, 0.3) is 0 Å². The Morgan fingerprint density at radius 1 is 0.600 bits per heavy atom. The number of aliphatic hydroxyl groups is 3. The molecule has 0 bridgehead atoms. The minimum absolute atomic E-state index is 0.225. The second kappa shape index (κ2) is 13.2. The molecule has 1 unspecified atom stereocenters. The summed E-state index contributed by atoms with van der Waals surface area (Å²) >= 11 is 0. The molecule has 1 rings (SSSR count). The van der Waals surface area contributed by atoms with Crippen LogP contribution >= 0.6 is 0 Å². The predicted octanol–water partition coefficient (Wildman–Crippen LogP) is 5.87. The highest BCUT2D eigenvalue weighted by atomic mass is 19.2. The van der Waals surface area contributed by atoms with Crippen molar-refractivity contribution in [3.8, 4) is 0 Å². The molecule has 0 aliphatic rings. The lowest BCUT2D eigenvalue weighted by molar-refractivity contribution is -0.344. The Bertz CT molecular complexity index is 618. The van der Waals surface area contributed by atoms with Crippen LogP contribution in [0.4, 0.5) is 22.0 Å². The van der Waals surface area contributed by atoms with E-state index >= 15 is 0 Å². The molecule has 0 radical (unpaired) electrons. The van der Waals surface area contributed by atoms with Gasteiger partial charge >= 0.3 is 0 Å². The molecule has 1 aromatic rings. The topological polar surface area (TPSA) is 60.7 Å². The number of unbranched alkanes of at least 4 members (excludes halogenated alkanes) is 8. The van der Waals surface area contributed by atoms with Crippen molar-refractivity contribution in [3.05, 3.63) is 34.6 Å². The lowest BCUT2D eigenvalue weighted by atomic mass is 9.92. The number of hydrogen-bond donors (Lipinski definition) is 3. The molecule has 1 aromatic carbocycles. The van der Waals surface area contributed by atoms with E-state index in [0.29, 0.717) is 32.1 Å². The van der Waals surface area contributed by atoms with Crippen LogP contribution in [0.3, 0.4) is 0 Å². The fourth-order valence-electron chi connectivity index (χ4n) is 3.62. The van der Waals surface area contributed by atoms with Gasteiger partial charge in [0.15, 0.2) is 23.3 Å². The molecular weight excluding hydrogens is 407 g/mol. The zero-order chi connectivity index (χ0) is 22.7. The van der Waals surface area contributed by atoms with E-state index in [9.17, 15) is 37.3 Å². The van der Waals surface area contributed by atoms with Crippen molar-refractivity contribution in [2.45, 2.75) is 96.4 Å². The fourth-order valence-corrected chi connectivity index (χ4v) is 3.62. The summed E-state index contributed by atoms with van der Waals surface area (Å²) in [5.74, 6) is -13.1. The first-order valence-electron chi connectivity index (χ1n) is 10.8. The molecule has 8 heteroatoms. The lowest BCUT2D eigenvalue weighted by Crippen LogP contribution is -2.37. The van der Waals surface area contributed by atoms with E-state index in [2.05, 4.69) is 6.92 Å². The van der Waals surface area contributed by atoms with Gasteiger partial charge < -0.3 is 15.3 Å². The third-order valence-corrected chi connectivity index (χ3v) is 5.48. The van der Waals surface area contributed by atoms with Crippen LogP contribution in [0, 0.1) is 35.0 Å². The molecule has 3 nitrogen and oxygen atoms in total. The van der Waals surface area contributed by atoms with Gasteiger partial charge in [-0.05, 0) is 25.7 Å². The van der Waals surface area contributed by atoms with E-state index in [1.165, 1.54) is 6.42 Å². The van der Waals surface area contributed by atoms with Gasteiger partial charge in [-0.1, -0.05) is 64.7 Å². The minimum atomic E-state index is -2.75. The molecule has 0 amide bonds. The highest BCUT2D eigenvalue weighted by Crippen LogP contribution is 2.27. The minimum Gasteiger partial charge on any atom is -0.343 e. The van der Waals surface area contributed by atoms with Crippen LogP contribution in [0.2, 0.25) is 0 Å². The van der Waals surface area contributed by atoms with Crippen molar-refractivity contribution < 1.29 is 37.3 Å². The van der Waals surface area contributed by atoms with E-state index in [0.717, 1.165) is 32.1 Å². The summed E-state index contributed by atoms with van der Waals surface area (Å²) in [6, 6.07) is 0. The van der Waals surface area contributed by atoms with E-state index in [1.54, 1.807) is 0 Å². The molecule has 0 aliphatic heterocycles. The van der Waals surface area contributed by atoms with Crippen molar-refractivity contribution in [3.63, 3.8) is 0 Å². The zero-order valence-electron chi connectivity index (χ0n) is 17.5. The Morgan fingerprint density at radius 2 is 1.00 bits per heavy atom. The Kier molecular flexibility index (Phi) is 11.8. The molecular formula is C22H33F5O3. The standard InChI is InChI=1S/C22H33F5O3/c1-2-3-4-5-6-9-12-15(22(28,29)30)13-10-7-8-11-14-16-17(23)19(25)21(27)20(26)18(16)24/h15,28-30H,2-14H2,1H3. The molecule has 0 aliphatic carbocycles. The molecule has 30 heavy (non-hydrogen) atoms. The molecule has 0 saturated carbocycles. The fraction of sp³-hybridized carbons (Fsp3) is 0.727. The van der Waals surface area contributed by atoms with E-state index in [-0.39, 0.29) is 12.8 Å². The predicted molar refractivity (Wildman–Crippen MR) is 104 cm³/mol. The zero-order valence-corrected chi connectivity index (χ0v) is 17.5. The number of halogens is 5. The van der Waals surface area contributed by atoms with Gasteiger partial charge in [0, 0.05) is 11.5 Å². The third-order valence-electron chi connectivity index (χ3n) is 5.48. The third kappa shape index (κ3) is 8.47. The van der Waals surface area contributed by atoms with Crippen LogP contribution < -0.4 is 0 Å². The molecule has 0 saturated heterocycles. The van der Waals surface area contributed by atoms with Crippen molar-refractivity contribution in [2.75, 3.05) is 0 Å². The van der Waals surface area contributed by atoms with Gasteiger partial charge in [-0.15, -0.1) is 0 Å². The summed E-state index contributed by atoms with van der Waals surface area (Å²) in [7, 11) is 0. The Morgan fingerprint density at radius 3 is 1.47 bits per heavy atom. The first-order chi connectivity index (χ1) is 14.1. The first kappa shape index (κ1) is 26.8. The largest absolute Gasteiger partial charge is 0.343 e. The number of benzene rings is 1. The summed E-state index contributed by atoms with van der Waals surface area (Å²) in [6.07, 6.45) is 8.59. The first-order valence-corrected chi connectivity index (χ1v) is 10.8. The van der Waals surface area contributed by atoms with E-state index in [1.807, 2.05) is 0 Å². The Labute approximate surface area is 174 Å². The molecule has 0 aromatic heterocycles. The molecule has 0 fully saturated rings. The SMILES string of the molecule is CCCCCCCCC(CCCCCCc1c(F)c(F)c(F)c(F)c1F)C(O)(O)O. The Balaban J connectivity index is 2.37. The van der Waals surface area contributed by atoms with Gasteiger partial charge in [-0.2, -0.15) is 0 Å². The number of rotatable bonds is 15. The molecule has 0 spiro atoms. The highest BCUT2D eigenvalue weighted by molar-refractivity contribution is 5.24. The maximum atomic E-state index is 13.6. The van der Waals surface area contributed by atoms with Crippen LogP contribution in [0.15, 0.2) is 0 Å². The smallest absolute Gasteiger partial charge is 0.278 e. The summed E-state index contributed by atoms with van der Waals surface area (Å²) in [6.45, 7) is 2.12. The average Bonchev–Trinajstić information content (AvgIpc) is 2.69. The van der Waals surface area contributed by atoms with Crippen LogP contribution in [-0.4, -0.2) is 21.3 Å². The van der Waals surface area contributed by atoms with Crippen LogP contribution in [0.1, 0.15) is 89.5 Å². The summed E-state index contributed by atoms with van der Waals surface area (Å²) < 4.78 is 66.7. The molecule has 3 N–H and O–H groups in total. The van der Waals surface area contributed by atoms with Crippen molar-refractivity contribution in [1.29, 1.82) is 0 Å². The second-order valence-electron chi connectivity index (χ2n) is 7.94. The average molecular weight is 440 g/mol. The van der Waals surface area contributed by atoms with Gasteiger partial charge in [0.1, 0.15) is 0 Å². The van der Waals surface area contributed by atoms with Crippen molar-refractivity contribution >= 4 is 0 Å². The summed E-state index contributed by atoms with van der Waals surface area (Å²) in [5, 5.41) is 28.6. The highest BCUT2D eigenvalue weighted by Gasteiger charge is 2.31. The number of hydrogen-bond acceptors (Lipinski definition) is 3. The van der Waals surface area contributed by atoms with Gasteiger partial charge in [0.25, 0.3) is 5.97 Å². The monoisotopic (exact) mass is 440 g/mol. The quantitative estimate of drug-likeness (QED) is 0.105. The summed E-state index contributed by atoms with van der Waals surface area (Å²) in [5.41, 5.74) is -0.813. The summed E-state index contributed by atoms with van der Waals surface area (Å²) in [4.78, 5) is 0. The van der Waals surface area contributed by atoms with E-state index in [4.69, 9.17) is 0 Å². The Hall–Kier alpha value is -1.25. The molecule has 1 atom stereocenters. The van der Waals surface area contributed by atoms with Gasteiger partial charge in [-0.25, -0.2) is 22.0 Å². The van der Waals surface area contributed by atoms with Crippen LogP contribution in [0.5, 0.6) is 0 Å². The normalized spacial score (nSPS) is 13.1. The molecule has 0 heterocycles. The molecule has 174 valence electrons. The van der Waals surface area contributed by atoms with Gasteiger partial charge in [0.05, 0.1) is 0 Å². The lowest BCUT2D eigenvalue weighted by Gasteiger charge is -2.26. The van der Waals surface area contributed by atoms with Crippen LogP contribution in [-0.2, 0) is 6.42 Å². The maximum Gasteiger partial charge on any atom is 0.278 e. The van der Waals surface area contributed by atoms with Crippen molar-refractivity contribution in [2.24, 2.45) is 5.92 Å².